The third-order valence-electron chi connectivity index (χ3n) is 3.15. The van der Waals surface area contributed by atoms with Gasteiger partial charge in [-0.25, -0.2) is 4.68 Å². The quantitative estimate of drug-likeness (QED) is 0.869. The summed E-state index contributed by atoms with van der Waals surface area (Å²) < 4.78 is 28.2. The Hall–Kier alpha value is -1.17. The molecule has 1 heterocycles. The molecule has 0 unspecified atom stereocenters. The number of carboxylic acids is 1. The number of hydrogen-bond acceptors (Lipinski definition) is 2. The molecule has 0 aromatic carbocycles. The minimum atomic E-state index is -2.95. The first-order chi connectivity index (χ1) is 7.43. The molecule has 16 heavy (non-hydrogen) atoms. The van der Waals surface area contributed by atoms with Crippen molar-refractivity contribution in [2.75, 3.05) is 0 Å². The van der Waals surface area contributed by atoms with Crippen LogP contribution in [-0.4, -0.2) is 20.9 Å². The molecule has 0 saturated heterocycles. The van der Waals surface area contributed by atoms with Crippen LogP contribution in [0.4, 0.5) is 8.78 Å². The van der Waals surface area contributed by atoms with Crippen molar-refractivity contribution in [1.82, 2.24) is 9.78 Å². The number of aliphatic carboxylic acids is 1. The highest BCUT2D eigenvalue weighted by atomic mass is 35.5. The summed E-state index contributed by atoms with van der Waals surface area (Å²) in [5.41, 5.74) is 0.0120. The van der Waals surface area contributed by atoms with Crippen molar-refractivity contribution < 1.29 is 18.7 Å². The van der Waals surface area contributed by atoms with Gasteiger partial charge in [-0.3, -0.25) is 4.79 Å². The Balaban J connectivity index is 2.09. The highest BCUT2D eigenvalue weighted by molar-refractivity contribution is 6.30. The second-order valence-corrected chi connectivity index (χ2v) is 4.53. The van der Waals surface area contributed by atoms with Crippen LogP contribution in [0.5, 0.6) is 0 Å². The van der Waals surface area contributed by atoms with Gasteiger partial charge in [0.05, 0.1) is 0 Å². The predicted octanol–water partition coefficient (Wildman–Crippen LogP) is 1.83. The number of carbonyl (C=O) groups is 1. The fourth-order valence-corrected chi connectivity index (χ4v) is 2.68. The van der Waals surface area contributed by atoms with Gasteiger partial charge in [-0.05, 0) is 12.3 Å². The number of hydrogen-bond donors (Lipinski definition) is 1. The van der Waals surface area contributed by atoms with Crippen molar-refractivity contribution >= 4 is 17.6 Å². The normalized spacial score (nSPS) is 28.7. The lowest BCUT2D eigenvalue weighted by molar-refractivity contribution is -0.137. The molecule has 0 spiro atoms. The summed E-state index contributed by atoms with van der Waals surface area (Å²) in [7, 11) is 0. The second-order valence-electron chi connectivity index (χ2n) is 4.18. The van der Waals surface area contributed by atoms with Gasteiger partial charge in [-0.15, -0.1) is 0 Å². The summed E-state index contributed by atoms with van der Waals surface area (Å²) >= 11 is 5.87. The molecular weight excluding hydrogens is 242 g/mol. The van der Waals surface area contributed by atoms with Gasteiger partial charge in [-0.2, -0.15) is 13.9 Å². The Labute approximate surface area is 93.8 Å². The van der Waals surface area contributed by atoms with Crippen LogP contribution in [0.25, 0.3) is 0 Å². The summed E-state index contributed by atoms with van der Waals surface area (Å²) in [5.74, 6) is -5.02. The van der Waals surface area contributed by atoms with E-state index < -0.39 is 24.4 Å². The lowest BCUT2D eigenvalue weighted by Gasteiger charge is -2.08. The highest BCUT2D eigenvalue weighted by Crippen LogP contribution is 2.67. The minimum absolute atomic E-state index is 0.0436. The number of nitrogens with zero attached hydrogens (tertiary/aromatic N) is 2. The van der Waals surface area contributed by atoms with Crippen molar-refractivity contribution in [3.8, 4) is 0 Å². The monoisotopic (exact) mass is 248 g/mol. The van der Waals surface area contributed by atoms with Crippen molar-refractivity contribution in [2.45, 2.75) is 24.8 Å². The summed E-state index contributed by atoms with van der Waals surface area (Å²) in [6, 6.07) is 0. The Morgan fingerprint density at radius 2 is 2.38 bits per heavy atom. The molecule has 0 radical (unpaired) electrons. The molecule has 86 valence electrons. The van der Waals surface area contributed by atoms with Gasteiger partial charge in [0.2, 0.25) is 0 Å². The fraction of sp³-hybridized carbons (Fsp3) is 0.556. The Kier molecular flexibility index (Phi) is 1.71. The summed E-state index contributed by atoms with van der Waals surface area (Å²) in [4.78, 5) is 10.5. The van der Waals surface area contributed by atoms with Crippen molar-refractivity contribution in [1.29, 1.82) is 0 Å². The highest BCUT2D eigenvalue weighted by Gasteiger charge is 2.66. The van der Waals surface area contributed by atoms with E-state index in [1.807, 2.05) is 0 Å². The predicted molar refractivity (Wildman–Crippen MR) is 49.6 cm³/mol. The number of fused-ring (bicyclic) bond motifs is 3. The third-order valence-corrected chi connectivity index (χ3v) is 3.55. The van der Waals surface area contributed by atoms with E-state index in [-0.39, 0.29) is 16.8 Å². The van der Waals surface area contributed by atoms with Gasteiger partial charge in [0, 0.05) is 11.5 Å². The van der Waals surface area contributed by atoms with Crippen molar-refractivity contribution in [2.24, 2.45) is 5.92 Å². The van der Waals surface area contributed by atoms with Gasteiger partial charge in [-0.1, -0.05) is 11.6 Å². The molecule has 3 rings (SSSR count). The SMILES string of the molecule is O=C(O)Cn1nc2c(c1Cl)[C@H]1C[C@H]1C2(F)F. The largest absolute Gasteiger partial charge is 0.480 e. The maximum atomic E-state index is 13.6. The Bertz CT molecular complexity index is 500. The Morgan fingerprint density at radius 3 is 2.94 bits per heavy atom. The lowest BCUT2D eigenvalue weighted by atomic mass is 10.2. The topological polar surface area (TPSA) is 55.1 Å². The van der Waals surface area contributed by atoms with Crippen LogP contribution >= 0.6 is 11.6 Å². The zero-order valence-corrected chi connectivity index (χ0v) is 8.71. The maximum Gasteiger partial charge on any atom is 0.325 e. The first-order valence-electron chi connectivity index (χ1n) is 4.79. The fourth-order valence-electron chi connectivity index (χ4n) is 2.35. The molecule has 2 atom stereocenters. The van der Waals surface area contributed by atoms with Crippen LogP contribution in [0.15, 0.2) is 0 Å². The summed E-state index contributed by atoms with van der Waals surface area (Å²) in [6.07, 6.45) is 0.415. The molecule has 1 fully saturated rings. The summed E-state index contributed by atoms with van der Waals surface area (Å²) in [5, 5.41) is 12.2. The number of halogens is 3. The van der Waals surface area contributed by atoms with Crippen molar-refractivity contribution in [3.63, 3.8) is 0 Å². The zero-order valence-electron chi connectivity index (χ0n) is 7.95. The van der Waals surface area contributed by atoms with E-state index in [1.54, 1.807) is 0 Å². The minimum Gasteiger partial charge on any atom is -0.480 e. The van der Waals surface area contributed by atoms with Crippen molar-refractivity contribution in [3.05, 3.63) is 16.4 Å². The van der Waals surface area contributed by atoms with Crippen LogP contribution in [0, 0.1) is 5.92 Å². The molecule has 0 bridgehead atoms. The standard InChI is InChI=1S/C9H7ClF2N2O2/c10-8-6-3-1-4(3)9(11,12)7(6)13-14(8)2-5(15)16/h3-4H,1-2H2,(H,15,16)/t3-,4+/m0/s1. The average molecular weight is 249 g/mol. The van der Waals surface area contributed by atoms with Gasteiger partial charge in [0.15, 0.2) is 0 Å². The van der Waals surface area contributed by atoms with Gasteiger partial charge >= 0.3 is 5.97 Å². The van der Waals surface area contributed by atoms with Gasteiger partial charge in [0.1, 0.15) is 17.4 Å². The first kappa shape index (κ1) is 10.0. The van der Waals surface area contributed by atoms with E-state index in [9.17, 15) is 13.6 Å². The number of alkyl halides is 2. The average Bonchev–Trinajstić information content (AvgIpc) is 2.84. The smallest absolute Gasteiger partial charge is 0.325 e. The number of rotatable bonds is 2. The first-order valence-corrected chi connectivity index (χ1v) is 5.17. The second kappa shape index (κ2) is 2.74. The van der Waals surface area contributed by atoms with E-state index in [1.165, 1.54) is 0 Å². The van der Waals surface area contributed by atoms with Gasteiger partial charge < -0.3 is 5.11 Å². The molecule has 2 aliphatic rings. The van der Waals surface area contributed by atoms with Crippen LogP contribution in [0.3, 0.4) is 0 Å². The Morgan fingerprint density at radius 1 is 1.69 bits per heavy atom. The summed E-state index contributed by atoms with van der Waals surface area (Å²) in [6.45, 7) is -0.487. The van der Waals surface area contributed by atoms with Crippen LogP contribution in [0.1, 0.15) is 23.6 Å². The lowest BCUT2D eigenvalue weighted by Crippen LogP contribution is -2.17. The molecule has 4 nitrogen and oxygen atoms in total. The molecular formula is C9H7ClF2N2O2. The molecule has 0 amide bonds. The van der Waals surface area contributed by atoms with Crippen LogP contribution < -0.4 is 0 Å². The van der Waals surface area contributed by atoms with Crippen LogP contribution in [-0.2, 0) is 17.3 Å². The zero-order chi connectivity index (χ0) is 11.7. The molecule has 0 aliphatic heterocycles. The van der Waals surface area contributed by atoms with E-state index in [2.05, 4.69) is 5.10 Å². The third kappa shape index (κ3) is 1.08. The van der Waals surface area contributed by atoms with E-state index in [0.29, 0.717) is 12.0 Å². The number of carboxylic acid groups (broad SMARTS) is 1. The molecule has 7 heteroatoms. The molecule has 1 saturated carbocycles. The van der Waals surface area contributed by atoms with E-state index in [4.69, 9.17) is 16.7 Å². The molecule has 1 aromatic heterocycles. The number of aromatic nitrogens is 2. The van der Waals surface area contributed by atoms with Gasteiger partial charge in [0.25, 0.3) is 5.92 Å². The van der Waals surface area contributed by atoms with E-state index >= 15 is 0 Å². The molecule has 2 aliphatic carbocycles. The van der Waals surface area contributed by atoms with E-state index in [0.717, 1.165) is 4.68 Å². The molecule has 1 N–H and O–H groups in total. The molecule has 1 aromatic rings. The maximum absolute atomic E-state index is 13.6. The van der Waals surface area contributed by atoms with Crippen LogP contribution in [0.2, 0.25) is 5.15 Å².